The van der Waals surface area contributed by atoms with E-state index in [4.69, 9.17) is 10.8 Å². The number of nitrogens with two attached hydrogens (primary N) is 1. The van der Waals surface area contributed by atoms with Crippen LogP contribution < -0.4 is 16.6 Å². The van der Waals surface area contributed by atoms with Gasteiger partial charge < -0.3 is 26.2 Å². The summed E-state index contributed by atoms with van der Waals surface area (Å²) in [6, 6.07) is 15.4. The van der Waals surface area contributed by atoms with Gasteiger partial charge >= 0.3 is 0 Å². The summed E-state index contributed by atoms with van der Waals surface area (Å²) in [7, 11) is 0. The summed E-state index contributed by atoms with van der Waals surface area (Å²) in [6.07, 6.45) is -1.02. The minimum absolute atomic E-state index is 0.00797. The summed E-state index contributed by atoms with van der Waals surface area (Å²) in [5.74, 6) is 0.764. The van der Waals surface area contributed by atoms with Gasteiger partial charge in [0.25, 0.3) is 5.56 Å². The number of fused-ring (bicyclic) bond motifs is 1. The quantitative estimate of drug-likeness (QED) is 0.196. The zero-order valence-corrected chi connectivity index (χ0v) is 16.6. The van der Waals surface area contributed by atoms with Gasteiger partial charge in [-0.2, -0.15) is 0 Å². The normalized spacial score (nSPS) is 12.9. The fourth-order valence-electron chi connectivity index (χ4n) is 2.90. The second kappa shape index (κ2) is 8.49. The molecular formula is C20H20N6O3S. The third-order valence-corrected chi connectivity index (χ3v) is 5.24. The SMILES string of the molecule is NC(=NCC(O)CO)c1c(Nc2ccc(-c3nc4ccccc4[nH]3)cc2)s[nH]c1=O. The van der Waals surface area contributed by atoms with Crippen LogP contribution in [0.15, 0.2) is 58.3 Å². The van der Waals surface area contributed by atoms with Crippen LogP contribution in [0, 0.1) is 0 Å². The fraction of sp³-hybridized carbons (Fsp3) is 0.150. The molecule has 0 radical (unpaired) electrons. The number of aliphatic hydroxyl groups excluding tert-OH is 2. The van der Waals surface area contributed by atoms with E-state index in [1.807, 2.05) is 48.5 Å². The predicted molar refractivity (Wildman–Crippen MR) is 118 cm³/mol. The van der Waals surface area contributed by atoms with Crippen molar-refractivity contribution in [2.24, 2.45) is 10.7 Å². The molecule has 154 valence electrons. The van der Waals surface area contributed by atoms with Gasteiger partial charge in [0.05, 0.1) is 30.3 Å². The zero-order chi connectivity index (χ0) is 21.1. The van der Waals surface area contributed by atoms with Gasteiger partial charge in [0, 0.05) is 11.3 Å². The van der Waals surface area contributed by atoms with E-state index < -0.39 is 12.7 Å². The Balaban J connectivity index is 1.55. The minimum Gasteiger partial charge on any atom is -0.394 e. The van der Waals surface area contributed by atoms with Gasteiger partial charge in [-0.25, -0.2) is 4.98 Å². The third kappa shape index (κ3) is 4.10. The lowest BCUT2D eigenvalue weighted by Gasteiger charge is -2.07. The predicted octanol–water partition coefficient (Wildman–Crippen LogP) is 1.78. The first-order valence-electron chi connectivity index (χ1n) is 9.18. The van der Waals surface area contributed by atoms with Gasteiger partial charge in [-0.15, -0.1) is 0 Å². The van der Waals surface area contributed by atoms with Gasteiger partial charge in [-0.05, 0) is 47.9 Å². The molecule has 4 aromatic rings. The number of aromatic nitrogens is 3. The van der Waals surface area contributed by atoms with Crippen LogP contribution >= 0.6 is 11.5 Å². The second-order valence-electron chi connectivity index (χ2n) is 6.60. The molecule has 0 aliphatic rings. The van der Waals surface area contributed by atoms with Crippen LogP contribution in [-0.2, 0) is 0 Å². The van der Waals surface area contributed by atoms with Gasteiger partial charge in [-0.1, -0.05) is 12.1 Å². The first-order chi connectivity index (χ1) is 14.5. The molecule has 2 aromatic heterocycles. The molecule has 1 unspecified atom stereocenters. The molecule has 0 bridgehead atoms. The highest BCUT2D eigenvalue weighted by Crippen LogP contribution is 2.26. The van der Waals surface area contributed by atoms with Gasteiger partial charge in [0.1, 0.15) is 22.2 Å². The molecule has 10 heteroatoms. The maximum atomic E-state index is 12.1. The molecule has 0 aliphatic carbocycles. The Morgan fingerprint density at radius 1 is 1.23 bits per heavy atom. The zero-order valence-electron chi connectivity index (χ0n) is 15.8. The summed E-state index contributed by atoms with van der Waals surface area (Å²) in [4.78, 5) is 24.0. The van der Waals surface area contributed by atoms with Gasteiger partial charge in [-0.3, -0.25) is 14.2 Å². The number of rotatable bonds is 7. The number of anilines is 2. The van der Waals surface area contributed by atoms with Crippen LogP contribution in [0.2, 0.25) is 0 Å². The first-order valence-corrected chi connectivity index (χ1v) is 9.99. The van der Waals surface area contributed by atoms with Crippen molar-refractivity contribution in [2.45, 2.75) is 6.10 Å². The molecule has 9 nitrogen and oxygen atoms in total. The van der Waals surface area contributed by atoms with Gasteiger partial charge in [0.15, 0.2) is 0 Å². The summed E-state index contributed by atoms with van der Waals surface area (Å²) in [6.45, 7) is -0.525. The summed E-state index contributed by atoms with van der Waals surface area (Å²) in [5.41, 5.74) is 9.31. The van der Waals surface area contributed by atoms with Crippen molar-refractivity contribution in [3.63, 3.8) is 0 Å². The van der Waals surface area contributed by atoms with E-state index in [1.165, 1.54) is 0 Å². The van der Waals surface area contributed by atoms with Crippen LogP contribution in [0.1, 0.15) is 5.56 Å². The molecule has 0 saturated carbocycles. The molecule has 0 fully saturated rings. The average Bonchev–Trinajstić information content (AvgIpc) is 3.35. The molecular weight excluding hydrogens is 404 g/mol. The lowest BCUT2D eigenvalue weighted by atomic mass is 10.2. The number of benzene rings is 2. The van der Waals surface area contributed by atoms with Crippen molar-refractivity contribution in [1.29, 1.82) is 0 Å². The Morgan fingerprint density at radius 2 is 2.00 bits per heavy atom. The maximum Gasteiger partial charge on any atom is 0.271 e. The number of amidine groups is 1. The summed E-state index contributed by atoms with van der Waals surface area (Å²) in [5, 5.41) is 22.0. The molecule has 7 N–H and O–H groups in total. The van der Waals surface area contributed by atoms with Crippen LogP contribution in [0.3, 0.4) is 0 Å². The Morgan fingerprint density at radius 3 is 2.73 bits per heavy atom. The fourth-order valence-corrected chi connectivity index (χ4v) is 3.66. The molecule has 1 atom stereocenters. The molecule has 2 aromatic carbocycles. The Kier molecular flexibility index (Phi) is 5.61. The van der Waals surface area contributed by atoms with Gasteiger partial charge in [0.2, 0.25) is 0 Å². The highest BCUT2D eigenvalue weighted by atomic mass is 32.1. The van der Waals surface area contributed by atoms with Crippen molar-refractivity contribution >= 4 is 39.1 Å². The number of aliphatic imine (C=N–C) groups is 1. The van der Waals surface area contributed by atoms with Crippen LogP contribution in [0.25, 0.3) is 22.4 Å². The van der Waals surface area contributed by atoms with Crippen molar-refractivity contribution in [3.05, 3.63) is 64.4 Å². The highest BCUT2D eigenvalue weighted by Gasteiger charge is 2.15. The molecule has 0 spiro atoms. The monoisotopic (exact) mass is 424 g/mol. The van der Waals surface area contributed by atoms with Crippen molar-refractivity contribution < 1.29 is 10.2 Å². The van der Waals surface area contributed by atoms with E-state index in [2.05, 4.69) is 24.7 Å². The Hall–Kier alpha value is -3.47. The van der Waals surface area contributed by atoms with E-state index in [1.54, 1.807) is 0 Å². The van der Waals surface area contributed by atoms with E-state index in [9.17, 15) is 9.90 Å². The van der Waals surface area contributed by atoms with E-state index in [0.717, 1.165) is 39.6 Å². The number of imidazole rings is 1. The van der Waals surface area contributed by atoms with Crippen molar-refractivity contribution in [2.75, 3.05) is 18.5 Å². The summed E-state index contributed by atoms with van der Waals surface area (Å²) < 4.78 is 2.63. The number of aromatic amines is 2. The largest absolute Gasteiger partial charge is 0.394 e. The molecule has 0 amide bonds. The van der Waals surface area contributed by atoms with Crippen LogP contribution in [0.4, 0.5) is 10.7 Å². The number of hydrogen-bond donors (Lipinski definition) is 6. The lowest BCUT2D eigenvalue weighted by molar-refractivity contribution is 0.102. The van der Waals surface area contributed by atoms with Crippen molar-refractivity contribution in [1.82, 2.24) is 14.3 Å². The van der Waals surface area contributed by atoms with Crippen molar-refractivity contribution in [3.8, 4) is 11.4 Å². The van der Waals surface area contributed by atoms with E-state index in [-0.39, 0.29) is 23.5 Å². The molecule has 0 aliphatic heterocycles. The smallest absolute Gasteiger partial charge is 0.271 e. The summed E-state index contributed by atoms with van der Waals surface area (Å²) >= 11 is 1.10. The molecule has 30 heavy (non-hydrogen) atoms. The van der Waals surface area contributed by atoms with Crippen LogP contribution in [-0.4, -0.2) is 49.6 Å². The number of nitrogens with one attached hydrogen (secondary N) is 3. The molecule has 0 saturated heterocycles. The Bertz CT molecular complexity index is 1210. The van der Waals surface area contributed by atoms with E-state index in [0.29, 0.717) is 5.00 Å². The number of aliphatic hydroxyl groups is 2. The number of H-pyrrole nitrogens is 2. The average molecular weight is 424 g/mol. The number of nitrogens with zero attached hydrogens (tertiary/aromatic N) is 2. The highest BCUT2D eigenvalue weighted by molar-refractivity contribution is 7.10. The first kappa shape index (κ1) is 19.8. The number of hydrogen-bond acceptors (Lipinski definition) is 7. The standard InChI is InChI=1S/C20H20N6O3S/c21-17(22-9-13(28)10-27)16-19(29)26-30-20(16)23-12-7-5-11(6-8-12)18-24-14-3-1-2-4-15(14)25-18/h1-8,13,23,27-28H,9-10H2,(H2,21,22)(H,24,25)(H,26,29). The number of para-hydroxylation sites is 2. The van der Waals surface area contributed by atoms with E-state index >= 15 is 0 Å². The Labute approximate surface area is 175 Å². The second-order valence-corrected chi connectivity index (χ2v) is 7.42. The molecule has 4 rings (SSSR count). The third-order valence-electron chi connectivity index (χ3n) is 4.44. The minimum atomic E-state index is -1.02. The molecule has 2 heterocycles. The lowest BCUT2D eigenvalue weighted by Crippen LogP contribution is -2.25. The van der Waals surface area contributed by atoms with Crippen LogP contribution in [0.5, 0.6) is 0 Å². The topological polar surface area (TPSA) is 152 Å². The maximum absolute atomic E-state index is 12.1.